The van der Waals surface area contributed by atoms with Gasteiger partial charge in [0.2, 0.25) is 0 Å². The molecule has 1 aliphatic heterocycles. The highest BCUT2D eigenvalue weighted by atomic mass is 15.2. The molecule has 0 aliphatic carbocycles. The Kier molecular flexibility index (Phi) is 4.20. The summed E-state index contributed by atoms with van der Waals surface area (Å²) < 4.78 is 0. The largest absolute Gasteiger partial charge is 0.329 e. The number of hydrogen-bond acceptors (Lipinski definition) is 2. The highest BCUT2D eigenvalue weighted by molar-refractivity contribution is 4.84. The van der Waals surface area contributed by atoms with Crippen molar-refractivity contribution in [1.29, 1.82) is 0 Å². The van der Waals surface area contributed by atoms with E-state index in [1.807, 2.05) is 0 Å². The second-order valence-electron chi connectivity index (χ2n) is 4.51. The van der Waals surface area contributed by atoms with Gasteiger partial charge in [-0.15, -0.1) is 0 Å². The van der Waals surface area contributed by atoms with Gasteiger partial charge in [0, 0.05) is 25.7 Å². The Hall–Kier alpha value is -0.0800. The lowest BCUT2D eigenvalue weighted by atomic mass is 9.90. The molecule has 2 nitrogen and oxygen atoms in total. The second kappa shape index (κ2) is 4.97. The average molecular weight is 184 g/mol. The minimum absolute atomic E-state index is 0.752. The van der Waals surface area contributed by atoms with Gasteiger partial charge in [0.15, 0.2) is 0 Å². The van der Waals surface area contributed by atoms with Crippen LogP contribution in [0.5, 0.6) is 0 Å². The van der Waals surface area contributed by atoms with Crippen LogP contribution in [0, 0.1) is 11.8 Å². The Bertz CT molecular complexity index is 147. The van der Waals surface area contributed by atoms with E-state index in [1.54, 1.807) is 0 Å². The molecule has 2 N–H and O–H groups in total. The molecule has 0 amide bonds. The summed E-state index contributed by atoms with van der Waals surface area (Å²) in [5.41, 5.74) is 5.58. The van der Waals surface area contributed by atoms with Crippen molar-refractivity contribution in [1.82, 2.24) is 4.90 Å². The molecule has 0 aromatic heterocycles. The summed E-state index contributed by atoms with van der Waals surface area (Å²) in [4.78, 5) is 2.54. The van der Waals surface area contributed by atoms with Crippen molar-refractivity contribution < 1.29 is 0 Å². The minimum atomic E-state index is 0.752. The lowest BCUT2D eigenvalue weighted by Crippen LogP contribution is -2.32. The molecule has 1 aliphatic rings. The van der Waals surface area contributed by atoms with Gasteiger partial charge in [0.25, 0.3) is 0 Å². The van der Waals surface area contributed by atoms with Gasteiger partial charge in [-0.25, -0.2) is 0 Å². The van der Waals surface area contributed by atoms with E-state index >= 15 is 0 Å². The number of nitrogens with zero attached hydrogens (tertiary/aromatic N) is 1. The van der Waals surface area contributed by atoms with Crippen molar-refractivity contribution in [2.75, 3.05) is 19.6 Å². The molecule has 1 heterocycles. The van der Waals surface area contributed by atoms with Crippen LogP contribution in [-0.2, 0) is 0 Å². The molecule has 0 aromatic carbocycles. The summed E-state index contributed by atoms with van der Waals surface area (Å²) in [7, 11) is 0. The van der Waals surface area contributed by atoms with E-state index in [1.165, 1.54) is 19.4 Å². The van der Waals surface area contributed by atoms with Crippen LogP contribution in [-0.4, -0.2) is 30.6 Å². The predicted molar refractivity (Wildman–Crippen MR) is 57.7 cm³/mol. The van der Waals surface area contributed by atoms with Gasteiger partial charge in [-0.1, -0.05) is 20.3 Å². The summed E-state index contributed by atoms with van der Waals surface area (Å²) in [5.74, 6) is 1.79. The molecule has 1 saturated heterocycles. The number of hydrogen-bond donors (Lipinski definition) is 1. The topological polar surface area (TPSA) is 29.3 Å². The molecular weight excluding hydrogens is 160 g/mol. The fraction of sp³-hybridized carbons (Fsp3) is 1.00. The van der Waals surface area contributed by atoms with Crippen molar-refractivity contribution in [2.24, 2.45) is 17.6 Å². The summed E-state index contributed by atoms with van der Waals surface area (Å²) in [6.45, 7) is 10.2. The first-order valence-electron chi connectivity index (χ1n) is 5.63. The molecule has 0 radical (unpaired) electrons. The number of likely N-dealkylation sites (tertiary alicyclic amines) is 1. The van der Waals surface area contributed by atoms with Crippen LogP contribution in [0.25, 0.3) is 0 Å². The minimum Gasteiger partial charge on any atom is -0.329 e. The lowest BCUT2D eigenvalue weighted by Gasteiger charge is -2.20. The third kappa shape index (κ3) is 2.68. The molecule has 3 atom stereocenters. The van der Waals surface area contributed by atoms with E-state index in [2.05, 4.69) is 25.7 Å². The summed E-state index contributed by atoms with van der Waals surface area (Å²) in [6, 6.07) is 0.752. The van der Waals surface area contributed by atoms with E-state index < -0.39 is 0 Å². The van der Waals surface area contributed by atoms with Gasteiger partial charge < -0.3 is 5.73 Å². The van der Waals surface area contributed by atoms with Crippen molar-refractivity contribution in [3.8, 4) is 0 Å². The summed E-state index contributed by atoms with van der Waals surface area (Å²) in [5, 5.41) is 0. The first kappa shape index (κ1) is 11.0. The predicted octanol–water partition coefficient (Wildman–Crippen LogP) is 1.70. The second-order valence-corrected chi connectivity index (χ2v) is 4.51. The SMILES string of the molecule is CCC(C)C1C[C@@H](C)N(CCN)C1. The fourth-order valence-electron chi connectivity index (χ4n) is 2.37. The molecule has 78 valence electrons. The van der Waals surface area contributed by atoms with E-state index in [0.717, 1.165) is 31.0 Å². The van der Waals surface area contributed by atoms with Gasteiger partial charge >= 0.3 is 0 Å². The van der Waals surface area contributed by atoms with Gasteiger partial charge in [0.1, 0.15) is 0 Å². The first-order valence-corrected chi connectivity index (χ1v) is 5.63. The van der Waals surface area contributed by atoms with Crippen molar-refractivity contribution in [3.05, 3.63) is 0 Å². The zero-order chi connectivity index (χ0) is 9.84. The molecule has 13 heavy (non-hydrogen) atoms. The molecule has 0 saturated carbocycles. The highest BCUT2D eigenvalue weighted by Gasteiger charge is 2.30. The zero-order valence-electron chi connectivity index (χ0n) is 9.29. The smallest absolute Gasteiger partial charge is 0.0108 e. The molecule has 0 spiro atoms. The van der Waals surface area contributed by atoms with Crippen LogP contribution >= 0.6 is 0 Å². The molecule has 0 bridgehead atoms. The van der Waals surface area contributed by atoms with Gasteiger partial charge in [-0.2, -0.15) is 0 Å². The number of nitrogens with two attached hydrogens (primary N) is 1. The normalized spacial score (nSPS) is 32.3. The van der Waals surface area contributed by atoms with E-state index in [-0.39, 0.29) is 0 Å². The van der Waals surface area contributed by atoms with E-state index in [4.69, 9.17) is 5.73 Å². The first-order chi connectivity index (χ1) is 6.19. The van der Waals surface area contributed by atoms with E-state index in [0.29, 0.717) is 0 Å². The van der Waals surface area contributed by atoms with Gasteiger partial charge in [-0.3, -0.25) is 4.90 Å². The van der Waals surface area contributed by atoms with Crippen LogP contribution < -0.4 is 5.73 Å². The summed E-state index contributed by atoms with van der Waals surface area (Å²) >= 11 is 0. The zero-order valence-corrected chi connectivity index (χ0v) is 9.29. The van der Waals surface area contributed by atoms with Gasteiger partial charge in [0.05, 0.1) is 0 Å². The lowest BCUT2D eigenvalue weighted by molar-refractivity contribution is 0.262. The fourth-order valence-corrected chi connectivity index (χ4v) is 2.37. The summed E-state index contributed by atoms with van der Waals surface area (Å²) in [6.07, 6.45) is 2.68. The standard InChI is InChI=1S/C11H24N2/c1-4-9(2)11-7-10(3)13(8-11)6-5-12/h9-11H,4-8,12H2,1-3H3/t9?,10-,11?/m1/s1. The Morgan fingerprint density at radius 2 is 2.23 bits per heavy atom. The molecule has 2 heteroatoms. The van der Waals surface area contributed by atoms with Crippen molar-refractivity contribution >= 4 is 0 Å². The average Bonchev–Trinajstić information content (AvgIpc) is 2.47. The molecule has 2 unspecified atom stereocenters. The maximum atomic E-state index is 5.58. The van der Waals surface area contributed by atoms with E-state index in [9.17, 15) is 0 Å². The quantitative estimate of drug-likeness (QED) is 0.720. The van der Waals surface area contributed by atoms with Gasteiger partial charge in [-0.05, 0) is 25.2 Å². The third-order valence-corrected chi connectivity index (χ3v) is 3.60. The van der Waals surface area contributed by atoms with Crippen LogP contribution in [0.2, 0.25) is 0 Å². The highest BCUT2D eigenvalue weighted by Crippen LogP contribution is 2.29. The maximum absolute atomic E-state index is 5.58. The molecular formula is C11H24N2. The van der Waals surface area contributed by atoms with Crippen molar-refractivity contribution in [3.63, 3.8) is 0 Å². The monoisotopic (exact) mass is 184 g/mol. The number of rotatable bonds is 4. The Balaban J connectivity index is 2.40. The van der Waals surface area contributed by atoms with Crippen molar-refractivity contribution in [2.45, 2.75) is 39.7 Å². The molecule has 1 rings (SSSR count). The van der Waals surface area contributed by atoms with Crippen LogP contribution in [0.4, 0.5) is 0 Å². The van der Waals surface area contributed by atoms with Crippen LogP contribution in [0.15, 0.2) is 0 Å². The Labute approximate surface area is 82.5 Å². The van der Waals surface area contributed by atoms with Crippen LogP contribution in [0.1, 0.15) is 33.6 Å². The third-order valence-electron chi connectivity index (χ3n) is 3.60. The molecule has 1 fully saturated rings. The Morgan fingerprint density at radius 1 is 1.54 bits per heavy atom. The molecule has 0 aromatic rings. The van der Waals surface area contributed by atoms with Crippen LogP contribution in [0.3, 0.4) is 0 Å². The maximum Gasteiger partial charge on any atom is 0.0108 e. The Morgan fingerprint density at radius 3 is 2.77 bits per heavy atom.